The van der Waals surface area contributed by atoms with Crippen LogP contribution in [0.1, 0.15) is 47.0 Å². The Morgan fingerprint density at radius 3 is 2.43 bits per heavy atom. The molecule has 3 nitrogen and oxygen atoms in total. The Kier molecular flexibility index (Phi) is 7.48. The second-order valence-electron chi connectivity index (χ2n) is 3.85. The van der Waals surface area contributed by atoms with E-state index in [1.807, 2.05) is 13.8 Å². The largest absolute Gasteiger partial charge is 0.352 e. The van der Waals surface area contributed by atoms with Crippen LogP contribution in [-0.2, 0) is 4.79 Å². The van der Waals surface area contributed by atoms with Crippen molar-refractivity contribution in [3.8, 4) is 0 Å². The predicted molar refractivity (Wildman–Crippen MR) is 60.3 cm³/mol. The molecule has 0 rings (SSSR count). The van der Waals surface area contributed by atoms with E-state index in [9.17, 15) is 4.79 Å². The molecule has 0 saturated carbocycles. The molecular formula is C11H24N2O. The Labute approximate surface area is 87.6 Å². The van der Waals surface area contributed by atoms with Crippen molar-refractivity contribution >= 4 is 5.91 Å². The number of unbranched alkanes of at least 4 members (excludes halogenated alkanes) is 1. The normalized spacial score (nSPS) is 14.9. The van der Waals surface area contributed by atoms with E-state index in [4.69, 9.17) is 0 Å². The zero-order valence-corrected chi connectivity index (χ0v) is 9.89. The van der Waals surface area contributed by atoms with Crippen molar-refractivity contribution in [2.75, 3.05) is 6.54 Å². The summed E-state index contributed by atoms with van der Waals surface area (Å²) in [6, 6.07) is 0.202. The highest BCUT2D eigenvalue weighted by molar-refractivity contribution is 5.81. The molecule has 0 fully saturated rings. The Bertz CT molecular complexity index is 159. The number of hydrogen-bond acceptors (Lipinski definition) is 2. The molecule has 0 radical (unpaired) electrons. The molecule has 2 atom stereocenters. The van der Waals surface area contributed by atoms with Crippen molar-refractivity contribution in [1.29, 1.82) is 0 Å². The van der Waals surface area contributed by atoms with Crippen LogP contribution in [0.15, 0.2) is 0 Å². The van der Waals surface area contributed by atoms with Gasteiger partial charge >= 0.3 is 0 Å². The summed E-state index contributed by atoms with van der Waals surface area (Å²) in [5.41, 5.74) is 0. The molecule has 2 unspecified atom stereocenters. The van der Waals surface area contributed by atoms with Gasteiger partial charge in [-0.15, -0.1) is 0 Å². The van der Waals surface area contributed by atoms with Crippen molar-refractivity contribution in [2.24, 2.45) is 0 Å². The molecule has 0 aromatic carbocycles. The number of nitrogens with one attached hydrogen (secondary N) is 2. The second kappa shape index (κ2) is 7.80. The SMILES string of the molecule is CCCCNC(C)C(=O)NC(C)CC. The summed E-state index contributed by atoms with van der Waals surface area (Å²) in [7, 11) is 0. The van der Waals surface area contributed by atoms with E-state index in [1.165, 1.54) is 0 Å². The number of hydrogen-bond donors (Lipinski definition) is 2. The molecule has 0 aromatic rings. The Morgan fingerprint density at radius 2 is 1.93 bits per heavy atom. The van der Waals surface area contributed by atoms with Crippen LogP contribution < -0.4 is 10.6 Å². The van der Waals surface area contributed by atoms with E-state index in [0.717, 1.165) is 25.8 Å². The first-order valence-electron chi connectivity index (χ1n) is 5.65. The summed E-state index contributed by atoms with van der Waals surface area (Å²) in [4.78, 5) is 11.5. The fourth-order valence-corrected chi connectivity index (χ4v) is 1.06. The monoisotopic (exact) mass is 200 g/mol. The van der Waals surface area contributed by atoms with E-state index >= 15 is 0 Å². The minimum absolute atomic E-state index is 0.0736. The quantitative estimate of drug-likeness (QED) is 0.614. The van der Waals surface area contributed by atoms with E-state index < -0.39 is 0 Å². The molecule has 0 aliphatic rings. The lowest BCUT2D eigenvalue weighted by molar-refractivity contribution is -0.123. The maximum absolute atomic E-state index is 11.5. The van der Waals surface area contributed by atoms with Crippen LogP contribution in [0.3, 0.4) is 0 Å². The van der Waals surface area contributed by atoms with E-state index in [1.54, 1.807) is 0 Å². The maximum atomic E-state index is 11.5. The molecule has 2 N–H and O–H groups in total. The van der Waals surface area contributed by atoms with Gasteiger partial charge < -0.3 is 10.6 Å². The summed E-state index contributed by atoms with van der Waals surface area (Å²) in [6.07, 6.45) is 3.26. The van der Waals surface area contributed by atoms with Gasteiger partial charge in [-0.05, 0) is 33.2 Å². The van der Waals surface area contributed by atoms with Crippen LogP contribution in [0.5, 0.6) is 0 Å². The van der Waals surface area contributed by atoms with Gasteiger partial charge in [0.1, 0.15) is 0 Å². The average Bonchev–Trinajstić information content (AvgIpc) is 2.17. The molecule has 0 aliphatic carbocycles. The topological polar surface area (TPSA) is 41.1 Å². The minimum Gasteiger partial charge on any atom is -0.352 e. The van der Waals surface area contributed by atoms with E-state index in [-0.39, 0.29) is 18.0 Å². The highest BCUT2D eigenvalue weighted by Gasteiger charge is 2.12. The molecule has 0 spiro atoms. The van der Waals surface area contributed by atoms with Crippen LogP contribution in [0.2, 0.25) is 0 Å². The summed E-state index contributed by atoms with van der Waals surface area (Å²) < 4.78 is 0. The van der Waals surface area contributed by atoms with E-state index in [0.29, 0.717) is 0 Å². The Morgan fingerprint density at radius 1 is 1.29 bits per heavy atom. The van der Waals surface area contributed by atoms with Gasteiger partial charge in [-0.25, -0.2) is 0 Å². The van der Waals surface area contributed by atoms with Gasteiger partial charge in [0.05, 0.1) is 6.04 Å². The standard InChI is InChI=1S/C11H24N2O/c1-5-7-8-12-10(4)11(14)13-9(3)6-2/h9-10,12H,5-8H2,1-4H3,(H,13,14). The fourth-order valence-electron chi connectivity index (χ4n) is 1.06. The fraction of sp³-hybridized carbons (Fsp3) is 0.909. The molecule has 0 aliphatic heterocycles. The molecule has 1 amide bonds. The highest BCUT2D eigenvalue weighted by Crippen LogP contribution is 1.91. The first-order valence-corrected chi connectivity index (χ1v) is 5.65. The van der Waals surface area contributed by atoms with Gasteiger partial charge in [0.25, 0.3) is 0 Å². The molecule has 14 heavy (non-hydrogen) atoms. The van der Waals surface area contributed by atoms with Gasteiger partial charge in [0.2, 0.25) is 5.91 Å². The van der Waals surface area contributed by atoms with Crippen molar-refractivity contribution in [3.05, 3.63) is 0 Å². The van der Waals surface area contributed by atoms with Crippen molar-refractivity contribution in [3.63, 3.8) is 0 Å². The first-order chi connectivity index (χ1) is 6.61. The average molecular weight is 200 g/mol. The summed E-state index contributed by atoms with van der Waals surface area (Å²) in [5.74, 6) is 0.107. The summed E-state index contributed by atoms with van der Waals surface area (Å²) >= 11 is 0. The third kappa shape index (κ3) is 5.97. The van der Waals surface area contributed by atoms with Crippen LogP contribution in [0.25, 0.3) is 0 Å². The number of amides is 1. The zero-order chi connectivity index (χ0) is 11.0. The molecule has 0 bridgehead atoms. The molecule has 84 valence electrons. The van der Waals surface area contributed by atoms with Crippen molar-refractivity contribution in [2.45, 2.75) is 59.0 Å². The van der Waals surface area contributed by atoms with Gasteiger partial charge in [-0.3, -0.25) is 4.79 Å². The summed E-state index contributed by atoms with van der Waals surface area (Å²) in [5, 5.41) is 6.16. The van der Waals surface area contributed by atoms with Crippen LogP contribution in [-0.4, -0.2) is 24.5 Å². The summed E-state index contributed by atoms with van der Waals surface area (Å²) in [6.45, 7) is 9.07. The molecular weight excluding hydrogens is 176 g/mol. The van der Waals surface area contributed by atoms with E-state index in [2.05, 4.69) is 24.5 Å². The predicted octanol–water partition coefficient (Wildman–Crippen LogP) is 1.68. The number of carbonyl (C=O) groups is 1. The molecule has 0 saturated heterocycles. The van der Waals surface area contributed by atoms with Crippen molar-refractivity contribution in [1.82, 2.24) is 10.6 Å². The Balaban J connectivity index is 3.64. The van der Waals surface area contributed by atoms with Crippen LogP contribution in [0, 0.1) is 0 Å². The first kappa shape index (κ1) is 13.4. The number of carbonyl (C=O) groups excluding carboxylic acids is 1. The van der Waals surface area contributed by atoms with Crippen LogP contribution >= 0.6 is 0 Å². The third-order valence-corrected chi connectivity index (χ3v) is 2.38. The highest BCUT2D eigenvalue weighted by atomic mass is 16.2. The lowest BCUT2D eigenvalue weighted by Crippen LogP contribution is -2.45. The molecule has 3 heteroatoms. The molecule has 0 aromatic heterocycles. The lowest BCUT2D eigenvalue weighted by Gasteiger charge is -2.17. The second-order valence-corrected chi connectivity index (χ2v) is 3.85. The lowest BCUT2D eigenvalue weighted by atomic mass is 10.2. The minimum atomic E-state index is -0.0736. The Hall–Kier alpha value is -0.570. The van der Waals surface area contributed by atoms with Gasteiger partial charge in [-0.1, -0.05) is 20.3 Å². The van der Waals surface area contributed by atoms with Gasteiger partial charge in [0, 0.05) is 6.04 Å². The van der Waals surface area contributed by atoms with Crippen molar-refractivity contribution < 1.29 is 4.79 Å². The zero-order valence-electron chi connectivity index (χ0n) is 9.89. The maximum Gasteiger partial charge on any atom is 0.237 e. The number of rotatable bonds is 7. The molecule has 0 heterocycles. The third-order valence-electron chi connectivity index (χ3n) is 2.38. The van der Waals surface area contributed by atoms with Crippen LogP contribution in [0.4, 0.5) is 0 Å². The van der Waals surface area contributed by atoms with Gasteiger partial charge in [0.15, 0.2) is 0 Å². The smallest absolute Gasteiger partial charge is 0.237 e. The van der Waals surface area contributed by atoms with Gasteiger partial charge in [-0.2, -0.15) is 0 Å².